The van der Waals surface area contributed by atoms with E-state index in [1.165, 1.54) is 36.4 Å². The van der Waals surface area contributed by atoms with Crippen molar-refractivity contribution in [1.29, 1.82) is 0 Å². The van der Waals surface area contributed by atoms with E-state index in [9.17, 15) is 31.0 Å². The number of nitrogens with one attached hydrogen (secondary N) is 1. The molecule has 1 aliphatic carbocycles. The lowest BCUT2D eigenvalue weighted by Gasteiger charge is -2.23. The van der Waals surface area contributed by atoms with Crippen molar-refractivity contribution < 1.29 is 31.0 Å². The number of fused-ring (bicyclic) bond motifs is 2. The number of nitrogens with two attached hydrogens (primary N) is 1. The molecule has 0 aliphatic heterocycles. The summed E-state index contributed by atoms with van der Waals surface area (Å²) in [4.78, 5) is 25.6. The lowest BCUT2D eigenvalue weighted by molar-refractivity contribution is 0.0980. The summed E-state index contributed by atoms with van der Waals surface area (Å²) in [5.74, 6) is -1.28. The van der Waals surface area contributed by atoms with E-state index in [-0.39, 0.29) is 38.5 Å². The van der Waals surface area contributed by atoms with Crippen LogP contribution in [0.5, 0.6) is 0 Å². The predicted molar refractivity (Wildman–Crippen MR) is 121 cm³/mol. The minimum absolute atomic E-state index is 0.0409. The van der Waals surface area contributed by atoms with Crippen LogP contribution in [0.4, 0.5) is 17.1 Å². The summed E-state index contributed by atoms with van der Waals surface area (Å²) in [7, 11) is -8.65. The number of ketones is 2. The Morgan fingerprint density at radius 3 is 2.06 bits per heavy atom. The van der Waals surface area contributed by atoms with Gasteiger partial charge in [0.05, 0.1) is 27.4 Å². The smallest absolute Gasteiger partial charge is 0.296 e. The van der Waals surface area contributed by atoms with Crippen LogP contribution in [0, 0.1) is 0 Å². The number of benzene rings is 3. The molecule has 0 unspecified atom stereocenters. The zero-order chi connectivity index (χ0) is 24.1. The minimum atomic E-state index is -4.87. The van der Waals surface area contributed by atoms with E-state index in [1.807, 2.05) is 0 Å². The van der Waals surface area contributed by atoms with Crippen molar-refractivity contribution in [3.05, 3.63) is 88.8 Å². The molecular formula is C22H16N2O7S2. The highest BCUT2D eigenvalue weighted by atomic mass is 32.2. The van der Waals surface area contributed by atoms with Crippen molar-refractivity contribution in [2.75, 3.05) is 11.1 Å². The number of anilines is 3. The summed E-state index contributed by atoms with van der Waals surface area (Å²) in [6, 6.07) is 12.4. The highest BCUT2D eigenvalue weighted by molar-refractivity contribution is 7.94. The van der Waals surface area contributed by atoms with Crippen molar-refractivity contribution in [1.82, 2.24) is 0 Å². The Kier molecular flexibility index (Phi) is 5.20. The zero-order valence-electron chi connectivity index (χ0n) is 16.8. The summed E-state index contributed by atoms with van der Waals surface area (Å²) in [5.41, 5.74) is 4.97. The Balaban J connectivity index is 1.99. The summed E-state index contributed by atoms with van der Waals surface area (Å²) in [6.07, 6.45) is 0. The van der Waals surface area contributed by atoms with Gasteiger partial charge in [-0.15, -0.1) is 0 Å². The zero-order valence-corrected chi connectivity index (χ0v) is 18.4. The monoisotopic (exact) mass is 484 g/mol. The normalized spacial score (nSPS) is 13.2. The van der Waals surface area contributed by atoms with Crippen LogP contribution in [-0.4, -0.2) is 33.0 Å². The quantitative estimate of drug-likeness (QED) is 0.286. The van der Waals surface area contributed by atoms with Crippen LogP contribution in [0.25, 0.3) is 0 Å². The van der Waals surface area contributed by atoms with E-state index in [1.54, 1.807) is 12.1 Å². The second-order valence-electron chi connectivity index (χ2n) is 7.13. The second kappa shape index (κ2) is 7.66. The third kappa shape index (κ3) is 3.71. The third-order valence-electron chi connectivity index (χ3n) is 5.14. The number of sulfone groups is 1. The molecule has 0 heterocycles. The maximum absolute atomic E-state index is 13.3. The molecule has 0 spiro atoms. The van der Waals surface area contributed by atoms with Gasteiger partial charge < -0.3 is 11.1 Å². The number of hydrogen-bond donors (Lipinski definition) is 3. The van der Waals surface area contributed by atoms with Crippen LogP contribution < -0.4 is 11.1 Å². The molecule has 0 saturated carbocycles. The molecule has 0 saturated heterocycles. The Morgan fingerprint density at radius 1 is 0.879 bits per heavy atom. The van der Waals surface area contributed by atoms with Crippen molar-refractivity contribution in [2.24, 2.45) is 0 Å². The maximum atomic E-state index is 13.3. The molecule has 4 N–H and O–H groups in total. The van der Waals surface area contributed by atoms with Gasteiger partial charge in [-0.3, -0.25) is 14.1 Å². The summed E-state index contributed by atoms with van der Waals surface area (Å²) < 4.78 is 57.9. The Bertz CT molecular complexity index is 1590. The van der Waals surface area contributed by atoms with Crippen LogP contribution in [-0.2, 0) is 20.0 Å². The largest absolute Gasteiger partial charge is 0.397 e. The molecular weight excluding hydrogens is 468 g/mol. The van der Waals surface area contributed by atoms with Crippen molar-refractivity contribution >= 4 is 48.6 Å². The highest BCUT2D eigenvalue weighted by Crippen LogP contribution is 2.40. The van der Waals surface area contributed by atoms with Crippen molar-refractivity contribution in [3.63, 3.8) is 0 Å². The Labute approximate surface area is 189 Å². The molecule has 11 heteroatoms. The molecule has 0 bridgehead atoms. The lowest BCUT2D eigenvalue weighted by atomic mass is 9.82. The number of hydrogen-bond acceptors (Lipinski definition) is 8. The predicted octanol–water partition coefficient (Wildman–Crippen LogP) is 2.95. The van der Waals surface area contributed by atoms with Crippen LogP contribution in [0.15, 0.2) is 76.4 Å². The van der Waals surface area contributed by atoms with E-state index in [2.05, 4.69) is 11.9 Å². The van der Waals surface area contributed by atoms with Gasteiger partial charge in [0.1, 0.15) is 4.90 Å². The molecule has 33 heavy (non-hydrogen) atoms. The first-order valence-electron chi connectivity index (χ1n) is 9.32. The second-order valence-corrected chi connectivity index (χ2v) is 10.4. The van der Waals surface area contributed by atoms with Gasteiger partial charge in [-0.25, -0.2) is 8.42 Å². The molecule has 168 valence electrons. The number of carbonyl (C=O) groups excluding carboxylic acids is 2. The van der Waals surface area contributed by atoms with E-state index < -0.39 is 42.1 Å². The minimum Gasteiger partial charge on any atom is -0.397 e. The number of carbonyl (C=O) groups is 2. The first kappa shape index (κ1) is 22.4. The molecule has 0 fully saturated rings. The highest BCUT2D eigenvalue weighted by Gasteiger charge is 2.36. The van der Waals surface area contributed by atoms with Gasteiger partial charge in [-0.05, 0) is 24.3 Å². The summed E-state index contributed by atoms with van der Waals surface area (Å²) >= 11 is 0. The van der Waals surface area contributed by atoms with Crippen LogP contribution in [0.1, 0.15) is 31.8 Å². The topological polar surface area (TPSA) is 161 Å². The molecule has 0 radical (unpaired) electrons. The summed E-state index contributed by atoms with van der Waals surface area (Å²) in [5, 5.41) is 3.56. The van der Waals surface area contributed by atoms with Gasteiger partial charge in [-0.2, -0.15) is 8.42 Å². The van der Waals surface area contributed by atoms with Gasteiger partial charge in [0, 0.05) is 22.2 Å². The molecule has 0 aromatic heterocycles. The first-order valence-corrected chi connectivity index (χ1v) is 12.3. The fourth-order valence-electron chi connectivity index (χ4n) is 3.61. The Hall–Kier alpha value is -3.80. The van der Waals surface area contributed by atoms with Crippen LogP contribution in [0.3, 0.4) is 0 Å². The van der Waals surface area contributed by atoms with Gasteiger partial charge in [0.25, 0.3) is 10.1 Å². The van der Waals surface area contributed by atoms with Gasteiger partial charge in [0.2, 0.25) is 0 Å². The SMILES string of the molecule is C=CS(=O)(=O)c1cccc(Nc2cc(S(=O)(=O)O)c(N)c3c2C(=O)c2ccccc2C3=O)c1. The van der Waals surface area contributed by atoms with Gasteiger partial charge in [0.15, 0.2) is 21.4 Å². The average Bonchev–Trinajstić information content (AvgIpc) is 2.77. The first-order chi connectivity index (χ1) is 15.5. The average molecular weight is 485 g/mol. The molecule has 0 atom stereocenters. The fraction of sp³-hybridized carbons (Fsp3) is 0. The molecule has 3 aromatic carbocycles. The molecule has 0 amide bonds. The Morgan fingerprint density at radius 2 is 1.48 bits per heavy atom. The number of rotatable bonds is 5. The molecule has 4 rings (SSSR count). The van der Waals surface area contributed by atoms with Crippen LogP contribution in [0.2, 0.25) is 0 Å². The van der Waals surface area contributed by atoms with E-state index in [4.69, 9.17) is 5.73 Å². The number of nitrogen functional groups attached to an aromatic ring is 1. The van der Waals surface area contributed by atoms with Gasteiger partial charge in [-0.1, -0.05) is 36.9 Å². The van der Waals surface area contributed by atoms with E-state index >= 15 is 0 Å². The van der Waals surface area contributed by atoms with Crippen LogP contribution >= 0.6 is 0 Å². The van der Waals surface area contributed by atoms with E-state index in [0.29, 0.717) is 0 Å². The van der Waals surface area contributed by atoms with Crippen molar-refractivity contribution in [2.45, 2.75) is 9.79 Å². The lowest BCUT2D eigenvalue weighted by Crippen LogP contribution is -2.25. The maximum Gasteiger partial charge on any atom is 0.296 e. The standard InChI is InChI=1S/C22H16N2O7S2/c1-2-32(27,28)13-7-5-6-12(10-13)24-16-11-17(33(29,30)31)20(23)19-18(16)21(25)14-8-3-4-9-15(14)22(19)26/h2-11,24H,1,23H2,(H,29,30,31). The van der Waals surface area contributed by atoms with E-state index in [0.717, 1.165) is 11.5 Å². The molecule has 1 aliphatic rings. The third-order valence-corrected chi connectivity index (χ3v) is 7.38. The fourth-order valence-corrected chi connectivity index (χ4v) is 5.01. The molecule has 3 aromatic rings. The van der Waals surface area contributed by atoms with Crippen molar-refractivity contribution in [3.8, 4) is 0 Å². The van der Waals surface area contributed by atoms with Gasteiger partial charge >= 0.3 is 0 Å². The summed E-state index contributed by atoms with van der Waals surface area (Å²) in [6.45, 7) is 3.27. The molecule has 9 nitrogen and oxygen atoms in total.